The Kier molecular flexibility index (Phi) is 9.75. The van der Waals surface area contributed by atoms with Crippen LogP contribution in [0.3, 0.4) is 0 Å². The zero-order chi connectivity index (χ0) is 24.4. The molecular formula is C19H29N7O7. The van der Waals surface area contributed by atoms with Gasteiger partial charge in [-0.3, -0.25) is 19.2 Å². The first kappa shape index (κ1) is 25.7. The number of amides is 4. The van der Waals surface area contributed by atoms with Crippen molar-refractivity contribution in [1.29, 1.82) is 0 Å². The van der Waals surface area contributed by atoms with Gasteiger partial charge in [-0.15, -0.1) is 0 Å². The fourth-order valence-electron chi connectivity index (χ4n) is 3.29. The number of nitrogens with two attached hydrogens (primary N) is 1. The third-order valence-corrected chi connectivity index (χ3v) is 5.10. The molecule has 1 fully saturated rings. The van der Waals surface area contributed by atoms with E-state index in [4.69, 9.17) is 5.73 Å². The van der Waals surface area contributed by atoms with Gasteiger partial charge in [0.05, 0.1) is 19.0 Å². The van der Waals surface area contributed by atoms with Gasteiger partial charge in [0.2, 0.25) is 23.6 Å². The molecule has 4 amide bonds. The molecule has 1 aliphatic rings. The van der Waals surface area contributed by atoms with Gasteiger partial charge in [0.25, 0.3) is 0 Å². The summed E-state index contributed by atoms with van der Waals surface area (Å²) < 4.78 is 0. The molecule has 9 N–H and O–H groups in total. The number of nitrogens with zero attached hydrogens (tertiary/aromatic N) is 1. The van der Waals surface area contributed by atoms with Crippen molar-refractivity contribution in [3.8, 4) is 0 Å². The summed E-state index contributed by atoms with van der Waals surface area (Å²) in [6.45, 7) is -0.141. The van der Waals surface area contributed by atoms with Crippen molar-refractivity contribution in [2.24, 2.45) is 5.73 Å². The minimum absolute atomic E-state index is 0.0421. The van der Waals surface area contributed by atoms with Crippen LogP contribution in [0, 0.1) is 0 Å². The van der Waals surface area contributed by atoms with Crippen LogP contribution in [-0.4, -0.2) is 87.1 Å². The van der Waals surface area contributed by atoms with E-state index in [9.17, 15) is 34.2 Å². The molecule has 1 aromatic heterocycles. The SMILES string of the molecule is NC(=O)CCC(NC(=O)C(CO)NC(=O)C(Cc1cnc[nH]1)NC(=O)C1CCCN1)C(=O)O. The average molecular weight is 467 g/mol. The predicted octanol–water partition coefficient (Wildman–Crippen LogP) is -3.50. The Morgan fingerprint density at radius 2 is 1.82 bits per heavy atom. The highest BCUT2D eigenvalue weighted by Gasteiger charge is 2.31. The number of aliphatic hydroxyl groups excluding tert-OH is 1. The molecule has 1 aromatic rings. The Morgan fingerprint density at radius 1 is 1.12 bits per heavy atom. The van der Waals surface area contributed by atoms with E-state index in [1.165, 1.54) is 12.5 Å². The molecule has 2 rings (SSSR count). The number of hydrogen-bond acceptors (Lipinski definition) is 8. The van der Waals surface area contributed by atoms with E-state index in [0.29, 0.717) is 18.7 Å². The number of aliphatic hydroxyl groups is 1. The van der Waals surface area contributed by atoms with Gasteiger partial charge < -0.3 is 42.2 Å². The molecule has 0 spiro atoms. The number of aromatic nitrogens is 2. The van der Waals surface area contributed by atoms with E-state index in [1.807, 2.05) is 0 Å². The van der Waals surface area contributed by atoms with Crippen LogP contribution in [0.25, 0.3) is 0 Å². The van der Waals surface area contributed by atoms with E-state index in [1.54, 1.807) is 0 Å². The Labute approximate surface area is 189 Å². The number of aliphatic carboxylic acids is 1. The second-order valence-corrected chi connectivity index (χ2v) is 7.64. The van der Waals surface area contributed by atoms with E-state index >= 15 is 0 Å². The lowest BCUT2D eigenvalue weighted by atomic mass is 10.1. The van der Waals surface area contributed by atoms with Crippen LogP contribution in [0.15, 0.2) is 12.5 Å². The van der Waals surface area contributed by atoms with Crippen molar-refractivity contribution in [1.82, 2.24) is 31.2 Å². The van der Waals surface area contributed by atoms with Crippen LogP contribution >= 0.6 is 0 Å². The normalized spacial score (nSPS) is 18.0. The Hall–Kier alpha value is -3.52. The highest BCUT2D eigenvalue weighted by Crippen LogP contribution is 2.07. The molecule has 1 aliphatic heterocycles. The first-order chi connectivity index (χ1) is 15.7. The van der Waals surface area contributed by atoms with Gasteiger partial charge in [-0.1, -0.05) is 0 Å². The van der Waals surface area contributed by atoms with Gasteiger partial charge in [-0.2, -0.15) is 0 Å². The highest BCUT2D eigenvalue weighted by atomic mass is 16.4. The molecule has 0 aromatic carbocycles. The van der Waals surface area contributed by atoms with Crippen molar-refractivity contribution in [2.75, 3.05) is 13.2 Å². The zero-order valence-electron chi connectivity index (χ0n) is 17.9. The van der Waals surface area contributed by atoms with Crippen molar-refractivity contribution in [3.63, 3.8) is 0 Å². The number of carbonyl (C=O) groups is 5. The third-order valence-electron chi connectivity index (χ3n) is 5.10. The molecule has 33 heavy (non-hydrogen) atoms. The average Bonchev–Trinajstić information content (AvgIpc) is 3.48. The summed E-state index contributed by atoms with van der Waals surface area (Å²) in [4.78, 5) is 66.8. The van der Waals surface area contributed by atoms with Crippen LogP contribution in [0.1, 0.15) is 31.4 Å². The number of rotatable bonds is 13. The van der Waals surface area contributed by atoms with Crippen LogP contribution in [0.2, 0.25) is 0 Å². The molecular weight excluding hydrogens is 438 g/mol. The smallest absolute Gasteiger partial charge is 0.326 e. The number of imidazole rings is 1. The van der Waals surface area contributed by atoms with Crippen LogP contribution in [0.4, 0.5) is 0 Å². The Morgan fingerprint density at radius 3 is 2.36 bits per heavy atom. The lowest BCUT2D eigenvalue weighted by Gasteiger charge is -2.24. The topological polar surface area (TPSA) is 229 Å². The lowest BCUT2D eigenvalue weighted by molar-refractivity contribution is -0.143. The number of primary amides is 1. The van der Waals surface area contributed by atoms with Gasteiger partial charge in [0.1, 0.15) is 18.1 Å². The molecule has 0 aliphatic carbocycles. The summed E-state index contributed by atoms with van der Waals surface area (Å²) in [6.07, 6.45) is 3.84. The minimum atomic E-state index is -1.49. The van der Waals surface area contributed by atoms with E-state index in [2.05, 4.69) is 31.2 Å². The summed E-state index contributed by atoms with van der Waals surface area (Å²) >= 11 is 0. The number of nitrogens with one attached hydrogen (secondary N) is 5. The van der Waals surface area contributed by atoms with E-state index in [-0.39, 0.29) is 25.2 Å². The van der Waals surface area contributed by atoms with Gasteiger partial charge in [-0.05, 0) is 25.8 Å². The zero-order valence-corrected chi connectivity index (χ0v) is 17.9. The fourth-order valence-corrected chi connectivity index (χ4v) is 3.29. The molecule has 0 radical (unpaired) electrons. The second kappa shape index (κ2) is 12.5. The van der Waals surface area contributed by atoms with Gasteiger partial charge >= 0.3 is 5.97 Å². The number of carboxylic acids is 1. The van der Waals surface area contributed by atoms with Gasteiger partial charge in [0, 0.05) is 24.7 Å². The highest BCUT2D eigenvalue weighted by molar-refractivity contribution is 5.94. The van der Waals surface area contributed by atoms with Crippen LogP contribution in [-0.2, 0) is 30.4 Å². The molecule has 4 unspecified atom stereocenters. The summed E-state index contributed by atoms with van der Waals surface area (Å²) in [5.41, 5.74) is 5.56. The van der Waals surface area contributed by atoms with Crippen LogP contribution < -0.4 is 27.0 Å². The second-order valence-electron chi connectivity index (χ2n) is 7.64. The first-order valence-electron chi connectivity index (χ1n) is 10.4. The molecule has 4 atom stereocenters. The van der Waals surface area contributed by atoms with Crippen molar-refractivity contribution in [2.45, 2.75) is 56.3 Å². The number of aromatic amines is 1. The summed E-state index contributed by atoms with van der Waals surface area (Å²) in [7, 11) is 0. The number of hydrogen-bond donors (Lipinski definition) is 8. The fraction of sp³-hybridized carbons (Fsp3) is 0.579. The van der Waals surface area contributed by atoms with Crippen molar-refractivity contribution in [3.05, 3.63) is 18.2 Å². The first-order valence-corrected chi connectivity index (χ1v) is 10.4. The maximum atomic E-state index is 12.9. The standard InChI is InChI=1S/C19H29N7O7/c20-15(28)4-3-12(19(32)33)24-18(31)14(8-27)26-17(30)13(6-10-7-21-9-23-10)25-16(29)11-2-1-5-22-11/h7,9,11-14,22,27H,1-6,8H2,(H2,20,28)(H,21,23)(H,24,31)(H,25,29)(H,26,30)(H,32,33). The lowest BCUT2D eigenvalue weighted by Crippen LogP contribution is -2.58. The minimum Gasteiger partial charge on any atom is -0.480 e. The number of H-pyrrole nitrogens is 1. The molecule has 2 heterocycles. The van der Waals surface area contributed by atoms with Crippen molar-refractivity contribution >= 4 is 29.6 Å². The quantitative estimate of drug-likeness (QED) is 0.144. The third kappa shape index (κ3) is 8.16. The van der Waals surface area contributed by atoms with Crippen molar-refractivity contribution < 1.29 is 34.2 Å². The number of carbonyl (C=O) groups excluding carboxylic acids is 4. The molecule has 0 saturated carbocycles. The van der Waals surface area contributed by atoms with E-state index < -0.39 is 54.5 Å². The van der Waals surface area contributed by atoms with E-state index in [0.717, 1.165) is 6.42 Å². The maximum absolute atomic E-state index is 12.9. The molecule has 14 heteroatoms. The predicted molar refractivity (Wildman–Crippen MR) is 112 cm³/mol. The summed E-state index contributed by atoms with van der Waals surface area (Å²) in [5, 5.41) is 29.0. The molecule has 1 saturated heterocycles. The summed E-state index contributed by atoms with van der Waals surface area (Å²) in [5.74, 6) is -4.24. The van der Waals surface area contributed by atoms with Gasteiger partial charge in [-0.25, -0.2) is 9.78 Å². The van der Waals surface area contributed by atoms with Gasteiger partial charge in [0.15, 0.2) is 0 Å². The molecule has 0 bridgehead atoms. The molecule has 14 nitrogen and oxygen atoms in total. The number of carboxylic acid groups (broad SMARTS) is 1. The largest absolute Gasteiger partial charge is 0.480 e. The Balaban J connectivity index is 2.05. The summed E-state index contributed by atoms with van der Waals surface area (Å²) in [6, 6.07) is -4.46. The molecule has 182 valence electrons. The Bertz CT molecular complexity index is 840. The maximum Gasteiger partial charge on any atom is 0.326 e. The van der Waals surface area contributed by atoms with Crippen LogP contribution in [0.5, 0.6) is 0 Å². The monoisotopic (exact) mass is 467 g/mol.